The van der Waals surface area contributed by atoms with E-state index in [2.05, 4.69) is 39.5 Å². The number of hydrogen-bond acceptors (Lipinski definition) is 3. The molecule has 1 aromatic carbocycles. The molecule has 0 fully saturated rings. The van der Waals surface area contributed by atoms with Gasteiger partial charge in [-0.2, -0.15) is 4.98 Å². The summed E-state index contributed by atoms with van der Waals surface area (Å²) < 4.78 is 6.93. The first-order chi connectivity index (χ1) is 9.10. The van der Waals surface area contributed by atoms with Crippen LogP contribution in [0.5, 0.6) is 11.6 Å². The highest BCUT2D eigenvalue weighted by Gasteiger charge is 2.11. The van der Waals surface area contributed by atoms with E-state index in [1.807, 2.05) is 31.2 Å². The first-order valence-electron chi connectivity index (χ1n) is 6.06. The lowest BCUT2D eigenvalue weighted by Crippen LogP contribution is -2.01. The van der Waals surface area contributed by atoms with Crippen molar-refractivity contribution in [2.45, 2.75) is 26.7 Å². The normalized spacial score (nSPS) is 10.5. The molecule has 0 saturated carbocycles. The summed E-state index contributed by atoms with van der Waals surface area (Å²) >= 11 is 8.36. The number of aromatic nitrogens is 2. The first kappa shape index (κ1) is 14.5. The lowest BCUT2D eigenvalue weighted by atomic mass is 10.3. The number of rotatable bonds is 4. The van der Waals surface area contributed by atoms with Gasteiger partial charge in [-0.05, 0) is 54.1 Å². The molecule has 0 aliphatic heterocycles. The molecule has 0 aliphatic carbocycles. The van der Waals surface area contributed by atoms with Crippen LogP contribution in [0.25, 0.3) is 0 Å². The summed E-state index contributed by atoms with van der Waals surface area (Å²) in [7, 11) is 0. The summed E-state index contributed by atoms with van der Waals surface area (Å²) in [6, 6.07) is 7.81. The van der Waals surface area contributed by atoms with E-state index in [4.69, 9.17) is 16.3 Å². The Morgan fingerprint density at radius 3 is 2.79 bits per heavy atom. The smallest absolute Gasteiger partial charge is 0.226 e. The van der Waals surface area contributed by atoms with Gasteiger partial charge in [0, 0.05) is 15.6 Å². The third-order valence-electron chi connectivity index (χ3n) is 2.57. The molecule has 2 rings (SSSR count). The Labute approximate surface area is 131 Å². The molecule has 0 aliphatic rings. The Hall–Kier alpha value is -0.880. The highest BCUT2D eigenvalue weighted by molar-refractivity contribution is 14.1. The van der Waals surface area contributed by atoms with Gasteiger partial charge in [0.15, 0.2) is 0 Å². The fourth-order valence-corrected chi connectivity index (χ4v) is 2.28. The van der Waals surface area contributed by atoms with Crippen molar-refractivity contribution in [1.29, 1.82) is 0 Å². The van der Waals surface area contributed by atoms with Gasteiger partial charge in [-0.3, -0.25) is 0 Å². The molecular formula is C14H14ClIN2O. The van der Waals surface area contributed by atoms with Crippen molar-refractivity contribution in [1.82, 2.24) is 9.97 Å². The van der Waals surface area contributed by atoms with Crippen molar-refractivity contribution in [2.24, 2.45) is 0 Å². The van der Waals surface area contributed by atoms with Crippen LogP contribution in [0.15, 0.2) is 24.3 Å². The van der Waals surface area contributed by atoms with Crippen LogP contribution >= 0.6 is 34.2 Å². The molecule has 5 heteroatoms. The average molecular weight is 389 g/mol. The van der Waals surface area contributed by atoms with Crippen molar-refractivity contribution in [3.63, 3.8) is 0 Å². The molecule has 3 nitrogen and oxygen atoms in total. The number of hydrogen-bond donors (Lipinski definition) is 0. The number of benzene rings is 1. The van der Waals surface area contributed by atoms with E-state index >= 15 is 0 Å². The summed E-state index contributed by atoms with van der Waals surface area (Å²) in [5.41, 5.74) is 0.764. The van der Waals surface area contributed by atoms with Crippen LogP contribution in [0.4, 0.5) is 0 Å². The predicted molar refractivity (Wildman–Crippen MR) is 85.0 cm³/mol. The summed E-state index contributed by atoms with van der Waals surface area (Å²) in [4.78, 5) is 8.68. The van der Waals surface area contributed by atoms with E-state index in [9.17, 15) is 0 Å². The highest BCUT2D eigenvalue weighted by Crippen LogP contribution is 2.27. The summed E-state index contributed by atoms with van der Waals surface area (Å²) in [5.74, 6) is 2.01. The van der Waals surface area contributed by atoms with Crippen molar-refractivity contribution in [3.05, 3.63) is 44.4 Å². The maximum absolute atomic E-state index is 6.12. The Morgan fingerprint density at radius 2 is 2.11 bits per heavy atom. The van der Waals surface area contributed by atoms with Gasteiger partial charge in [0.25, 0.3) is 0 Å². The van der Waals surface area contributed by atoms with Crippen molar-refractivity contribution >= 4 is 34.2 Å². The van der Waals surface area contributed by atoms with E-state index in [0.717, 1.165) is 33.5 Å². The van der Waals surface area contributed by atoms with Gasteiger partial charge in [0.05, 0.1) is 0 Å². The maximum Gasteiger partial charge on any atom is 0.226 e. The minimum absolute atomic E-state index is 0.457. The molecule has 0 radical (unpaired) electrons. The Kier molecular flexibility index (Phi) is 4.99. The molecule has 2 aromatic rings. The number of nitrogens with zero attached hydrogens (tertiary/aromatic N) is 2. The largest absolute Gasteiger partial charge is 0.439 e. The Bertz CT molecular complexity index is 590. The lowest BCUT2D eigenvalue weighted by Gasteiger charge is -2.10. The van der Waals surface area contributed by atoms with Gasteiger partial charge < -0.3 is 4.74 Å². The summed E-state index contributed by atoms with van der Waals surface area (Å²) in [6.45, 7) is 3.94. The Balaban J connectivity index is 2.33. The molecule has 0 bridgehead atoms. The number of halogens is 2. The zero-order valence-electron chi connectivity index (χ0n) is 10.8. The fraction of sp³-hybridized carbons (Fsp3) is 0.286. The van der Waals surface area contributed by atoms with E-state index in [-0.39, 0.29) is 0 Å². The van der Waals surface area contributed by atoms with Gasteiger partial charge in [-0.15, -0.1) is 0 Å². The van der Waals surface area contributed by atoms with Gasteiger partial charge in [-0.1, -0.05) is 24.6 Å². The molecule has 0 atom stereocenters. The molecular weight excluding hydrogens is 375 g/mol. The topological polar surface area (TPSA) is 35.0 Å². The highest BCUT2D eigenvalue weighted by atomic mass is 127. The van der Waals surface area contributed by atoms with E-state index < -0.39 is 0 Å². The van der Waals surface area contributed by atoms with Crippen LogP contribution in [0.1, 0.15) is 24.7 Å². The lowest BCUT2D eigenvalue weighted by molar-refractivity contribution is 0.453. The molecule has 0 N–H and O–H groups in total. The molecule has 0 amide bonds. The zero-order chi connectivity index (χ0) is 13.8. The summed E-state index contributed by atoms with van der Waals surface area (Å²) in [6.07, 6.45) is 1.77. The fourth-order valence-electron chi connectivity index (χ4n) is 1.59. The van der Waals surface area contributed by atoms with Gasteiger partial charge in [-0.25, -0.2) is 4.98 Å². The molecule has 19 heavy (non-hydrogen) atoms. The average Bonchev–Trinajstić information content (AvgIpc) is 2.36. The van der Waals surface area contributed by atoms with Gasteiger partial charge in [0.2, 0.25) is 5.88 Å². The molecule has 1 aromatic heterocycles. The van der Waals surface area contributed by atoms with Crippen LogP contribution in [0, 0.1) is 10.5 Å². The monoisotopic (exact) mass is 388 g/mol. The zero-order valence-corrected chi connectivity index (χ0v) is 13.7. The van der Waals surface area contributed by atoms with Crippen LogP contribution in [0.3, 0.4) is 0 Å². The Morgan fingerprint density at radius 1 is 1.32 bits per heavy atom. The van der Waals surface area contributed by atoms with Crippen LogP contribution in [-0.4, -0.2) is 9.97 Å². The van der Waals surface area contributed by atoms with E-state index in [1.54, 1.807) is 0 Å². The summed E-state index contributed by atoms with van der Waals surface area (Å²) in [5, 5.41) is 0.457. The second-order valence-electron chi connectivity index (χ2n) is 4.17. The first-order valence-corrected chi connectivity index (χ1v) is 7.52. The van der Waals surface area contributed by atoms with Crippen molar-refractivity contribution < 1.29 is 4.74 Å². The third-order valence-corrected chi connectivity index (χ3v) is 3.61. The van der Waals surface area contributed by atoms with Gasteiger partial charge >= 0.3 is 0 Å². The molecule has 0 spiro atoms. The minimum Gasteiger partial charge on any atom is -0.439 e. The molecule has 100 valence electrons. The van der Waals surface area contributed by atoms with Crippen LogP contribution in [-0.2, 0) is 6.42 Å². The minimum atomic E-state index is 0.457. The quantitative estimate of drug-likeness (QED) is 0.558. The van der Waals surface area contributed by atoms with Crippen LogP contribution < -0.4 is 4.74 Å². The number of aryl methyl sites for hydroxylation is 1. The second-order valence-corrected chi connectivity index (χ2v) is 5.77. The molecule has 0 unspecified atom stereocenters. The van der Waals surface area contributed by atoms with Crippen LogP contribution in [0.2, 0.25) is 5.15 Å². The third kappa shape index (κ3) is 3.79. The van der Waals surface area contributed by atoms with Gasteiger partial charge in [0.1, 0.15) is 16.7 Å². The SMILES string of the molecule is CCCc1nc(Cl)c(C)c(Oc2cccc(I)c2)n1. The molecule has 1 heterocycles. The van der Waals surface area contributed by atoms with Crippen molar-refractivity contribution in [3.8, 4) is 11.6 Å². The van der Waals surface area contributed by atoms with E-state index in [1.165, 1.54) is 0 Å². The number of ether oxygens (including phenoxy) is 1. The van der Waals surface area contributed by atoms with E-state index in [0.29, 0.717) is 11.0 Å². The molecule has 0 saturated heterocycles. The maximum atomic E-state index is 6.12. The standard InChI is InChI=1S/C14H14ClIN2O/c1-3-5-12-17-13(15)9(2)14(18-12)19-11-7-4-6-10(16)8-11/h4,6-8H,3,5H2,1-2H3. The predicted octanol–water partition coefficient (Wildman–Crippen LogP) is 4.79. The second kappa shape index (κ2) is 6.52. The van der Waals surface area contributed by atoms with Crippen molar-refractivity contribution in [2.75, 3.05) is 0 Å².